The Morgan fingerprint density at radius 2 is 2.22 bits per heavy atom. The Bertz CT molecular complexity index is 1050. The van der Waals surface area contributed by atoms with Crippen molar-refractivity contribution >= 4 is 33.8 Å². The van der Waals surface area contributed by atoms with Crippen LogP contribution in [0.3, 0.4) is 0 Å². The molecule has 23 heavy (non-hydrogen) atoms. The minimum absolute atomic E-state index is 0.0114. The Hall–Kier alpha value is -3.01. The van der Waals surface area contributed by atoms with E-state index >= 15 is 0 Å². The van der Waals surface area contributed by atoms with Crippen molar-refractivity contribution in [3.05, 3.63) is 39.7 Å². The number of carbonyl (C=O) groups excluding carboxylic acids is 2. The molecule has 1 aliphatic rings. The molecule has 1 aromatic heterocycles. The summed E-state index contributed by atoms with van der Waals surface area (Å²) in [6.45, 7) is 4.30. The molecule has 0 amide bonds. The molecule has 0 spiro atoms. The van der Waals surface area contributed by atoms with Gasteiger partial charge in [0.25, 0.3) is 5.56 Å². The summed E-state index contributed by atoms with van der Waals surface area (Å²) in [6.07, 6.45) is -0.233. The first-order valence-electron chi connectivity index (χ1n) is 8.41. The number of aromatic nitrogens is 2. The van der Waals surface area contributed by atoms with Crippen LogP contribution in [0.2, 0.25) is 0 Å². The lowest BCUT2D eigenvalue weighted by Gasteiger charge is -2.24. The summed E-state index contributed by atoms with van der Waals surface area (Å²) in [6, 6.07) is 1.50. The maximum Gasteiger partial charge on any atom is 0.264 e. The normalized spacial score (nSPS) is 20.7. The standard InChI is InChI=1S/C16H14N4O3/c1-8-19-12-6-9(18-2)5-11(17)15(12)16(23)20(8)13-4-3-10(21)7-14(13)22/h5-6,13H,3-4,7,17H2,1H3/t13-/m0/s1/i1D3. The van der Waals surface area contributed by atoms with Crippen molar-refractivity contribution < 1.29 is 13.7 Å². The molecule has 1 atom stereocenters. The Morgan fingerprint density at radius 1 is 1.43 bits per heavy atom. The molecule has 7 heteroatoms. The van der Waals surface area contributed by atoms with E-state index in [-0.39, 0.29) is 47.3 Å². The highest BCUT2D eigenvalue weighted by Gasteiger charge is 2.30. The van der Waals surface area contributed by atoms with E-state index in [1.54, 1.807) is 0 Å². The smallest absolute Gasteiger partial charge is 0.264 e. The van der Waals surface area contributed by atoms with Gasteiger partial charge in [0.2, 0.25) is 0 Å². The number of aryl methyl sites for hydroxylation is 1. The quantitative estimate of drug-likeness (QED) is 0.491. The number of hydrogen-bond donors (Lipinski definition) is 1. The van der Waals surface area contributed by atoms with E-state index in [9.17, 15) is 14.4 Å². The summed E-state index contributed by atoms with van der Waals surface area (Å²) in [7, 11) is 0. The van der Waals surface area contributed by atoms with Gasteiger partial charge in [-0.3, -0.25) is 19.0 Å². The Morgan fingerprint density at radius 3 is 2.87 bits per heavy atom. The zero-order valence-electron chi connectivity index (χ0n) is 15.0. The first-order chi connectivity index (χ1) is 12.1. The molecular formula is C16H14N4O3. The minimum Gasteiger partial charge on any atom is -0.399 e. The van der Waals surface area contributed by atoms with E-state index in [1.165, 1.54) is 12.1 Å². The number of ketones is 2. The number of Topliss-reactive ketones (excluding diaryl/α,β-unsaturated/α-hetero) is 2. The molecule has 0 saturated heterocycles. The fourth-order valence-corrected chi connectivity index (χ4v) is 2.83. The highest BCUT2D eigenvalue weighted by Crippen LogP contribution is 2.27. The summed E-state index contributed by atoms with van der Waals surface area (Å²) in [4.78, 5) is 44.1. The lowest BCUT2D eigenvalue weighted by molar-refractivity contribution is -0.132. The summed E-state index contributed by atoms with van der Waals surface area (Å²) < 4.78 is 24.0. The Balaban J connectivity index is 2.38. The lowest BCUT2D eigenvalue weighted by Crippen LogP contribution is -2.36. The zero-order valence-corrected chi connectivity index (χ0v) is 12.0. The molecule has 1 aromatic carbocycles. The number of hydrogen-bond acceptors (Lipinski definition) is 5. The molecule has 1 aliphatic carbocycles. The van der Waals surface area contributed by atoms with Gasteiger partial charge in [0.05, 0.1) is 29.9 Å². The first kappa shape index (κ1) is 11.5. The van der Waals surface area contributed by atoms with Crippen LogP contribution in [0.1, 0.15) is 35.2 Å². The van der Waals surface area contributed by atoms with Crippen LogP contribution in [0.15, 0.2) is 16.9 Å². The second-order valence-electron chi connectivity index (χ2n) is 5.39. The summed E-state index contributed by atoms with van der Waals surface area (Å²) in [5.41, 5.74) is 5.20. The highest BCUT2D eigenvalue weighted by atomic mass is 16.2. The molecule has 116 valence electrons. The number of anilines is 1. The Labute approximate surface area is 135 Å². The van der Waals surface area contributed by atoms with Crippen LogP contribution in [-0.2, 0) is 9.59 Å². The zero-order chi connectivity index (χ0) is 19.2. The number of nitrogens with two attached hydrogens (primary N) is 1. The number of benzene rings is 1. The van der Waals surface area contributed by atoms with Crippen LogP contribution >= 0.6 is 0 Å². The van der Waals surface area contributed by atoms with Gasteiger partial charge in [-0.15, -0.1) is 0 Å². The van der Waals surface area contributed by atoms with Gasteiger partial charge < -0.3 is 5.73 Å². The van der Waals surface area contributed by atoms with Gasteiger partial charge in [0.15, 0.2) is 11.5 Å². The molecule has 7 nitrogen and oxygen atoms in total. The van der Waals surface area contributed by atoms with Crippen molar-refractivity contribution in [1.82, 2.24) is 9.55 Å². The third-order valence-corrected chi connectivity index (χ3v) is 3.90. The predicted molar refractivity (Wildman–Crippen MR) is 84.3 cm³/mol. The van der Waals surface area contributed by atoms with Crippen molar-refractivity contribution in [3.8, 4) is 0 Å². The Kier molecular flexibility index (Phi) is 2.67. The van der Waals surface area contributed by atoms with E-state index in [1.807, 2.05) is 0 Å². The van der Waals surface area contributed by atoms with Crippen LogP contribution in [0.4, 0.5) is 11.4 Å². The van der Waals surface area contributed by atoms with Crippen molar-refractivity contribution in [3.63, 3.8) is 0 Å². The molecule has 3 rings (SSSR count). The molecular weight excluding hydrogens is 296 g/mol. The number of fused-ring (bicyclic) bond motifs is 1. The van der Waals surface area contributed by atoms with Gasteiger partial charge in [-0.2, -0.15) is 0 Å². The highest BCUT2D eigenvalue weighted by molar-refractivity contribution is 6.03. The second-order valence-corrected chi connectivity index (χ2v) is 5.39. The molecule has 2 N–H and O–H groups in total. The van der Waals surface area contributed by atoms with Crippen LogP contribution in [0.5, 0.6) is 0 Å². The van der Waals surface area contributed by atoms with Crippen LogP contribution < -0.4 is 11.3 Å². The van der Waals surface area contributed by atoms with Gasteiger partial charge >= 0.3 is 0 Å². The number of carbonyl (C=O) groups is 2. The maximum atomic E-state index is 13.0. The monoisotopic (exact) mass is 313 g/mol. The molecule has 0 bridgehead atoms. The van der Waals surface area contributed by atoms with Crippen LogP contribution in [-0.4, -0.2) is 21.1 Å². The minimum atomic E-state index is -2.77. The number of rotatable bonds is 1. The van der Waals surface area contributed by atoms with Crippen LogP contribution in [0, 0.1) is 13.4 Å². The van der Waals surface area contributed by atoms with E-state index in [2.05, 4.69) is 9.83 Å². The maximum absolute atomic E-state index is 13.0. The molecule has 1 saturated carbocycles. The van der Waals surface area contributed by atoms with Crippen molar-refractivity contribution in [1.29, 1.82) is 0 Å². The van der Waals surface area contributed by atoms with Gasteiger partial charge in [-0.05, 0) is 25.4 Å². The third kappa shape index (κ3) is 2.38. The van der Waals surface area contributed by atoms with E-state index in [0.29, 0.717) is 0 Å². The number of nitrogens with zero attached hydrogens (tertiary/aromatic N) is 3. The fourth-order valence-electron chi connectivity index (χ4n) is 2.83. The van der Waals surface area contributed by atoms with Gasteiger partial charge in [-0.25, -0.2) is 9.83 Å². The average Bonchev–Trinajstić information content (AvgIpc) is 2.54. The first-order valence-corrected chi connectivity index (χ1v) is 6.91. The largest absolute Gasteiger partial charge is 0.399 e. The summed E-state index contributed by atoms with van der Waals surface area (Å²) in [5, 5.41) is -0.0462. The van der Waals surface area contributed by atoms with Gasteiger partial charge in [0, 0.05) is 16.2 Å². The third-order valence-electron chi connectivity index (χ3n) is 3.90. The molecule has 0 aliphatic heterocycles. The fraction of sp³-hybridized carbons (Fsp3) is 0.312. The van der Waals surface area contributed by atoms with Gasteiger partial charge in [0.1, 0.15) is 11.6 Å². The lowest BCUT2D eigenvalue weighted by atomic mass is 9.92. The average molecular weight is 313 g/mol. The topological polar surface area (TPSA) is 99.4 Å². The molecule has 1 fully saturated rings. The van der Waals surface area contributed by atoms with Crippen LogP contribution in [0.25, 0.3) is 15.7 Å². The van der Waals surface area contributed by atoms with E-state index in [4.69, 9.17) is 16.4 Å². The SMILES string of the molecule is [2H]C([2H])([2H])c1nc2cc([N+]#[C-])cc(N)c2c(=O)n1[C@H]1CCC(=O)CC1=O. The van der Waals surface area contributed by atoms with E-state index in [0.717, 1.165) is 4.57 Å². The van der Waals surface area contributed by atoms with Gasteiger partial charge in [-0.1, -0.05) is 0 Å². The molecule has 1 heterocycles. The van der Waals surface area contributed by atoms with Crippen molar-refractivity contribution in [2.24, 2.45) is 0 Å². The molecule has 2 aromatic rings. The molecule has 0 unspecified atom stereocenters. The number of nitrogen functional groups attached to an aromatic ring is 1. The summed E-state index contributed by atoms with van der Waals surface area (Å²) >= 11 is 0. The predicted octanol–water partition coefficient (Wildman–Crippen LogP) is 1.70. The van der Waals surface area contributed by atoms with E-state index < -0.39 is 30.1 Å². The summed E-state index contributed by atoms with van der Waals surface area (Å²) in [5.74, 6) is -1.32. The van der Waals surface area contributed by atoms with Crippen molar-refractivity contribution in [2.75, 3.05) is 5.73 Å². The molecule has 0 radical (unpaired) electrons. The second kappa shape index (κ2) is 5.32. The van der Waals surface area contributed by atoms with Crippen molar-refractivity contribution in [2.45, 2.75) is 32.2 Å².